The van der Waals surface area contributed by atoms with E-state index in [-0.39, 0.29) is 45.4 Å². The van der Waals surface area contributed by atoms with E-state index in [9.17, 15) is 4.79 Å². The van der Waals surface area contributed by atoms with Gasteiger partial charge in [-0.15, -0.1) is 0 Å². The molecule has 8 heteroatoms. The van der Waals surface area contributed by atoms with Gasteiger partial charge in [-0.05, 0) is 6.58 Å². The molecule has 0 atom stereocenters. The summed E-state index contributed by atoms with van der Waals surface area (Å²) in [6, 6.07) is 0. The summed E-state index contributed by atoms with van der Waals surface area (Å²) in [7, 11) is 1.32. The van der Waals surface area contributed by atoms with Gasteiger partial charge in [0.15, 0.2) is 5.76 Å². The van der Waals surface area contributed by atoms with Crippen LogP contribution < -0.4 is 0 Å². The minimum Gasteiger partial charge on any atom is -0.490 e. The highest BCUT2D eigenvalue weighted by Gasteiger charge is 2.06. The summed E-state index contributed by atoms with van der Waals surface area (Å²) < 4.78 is 8.89. The van der Waals surface area contributed by atoms with Gasteiger partial charge in [-0.1, -0.05) is 0 Å². The first-order chi connectivity index (χ1) is 8.55. The molecule has 0 aliphatic carbocycles. The van der Waals surface area contributed by atoms with Crippen LogP contribution in [-0.4, -0.2) is 78.3 Å². The van der Waals surface area contributed by atoms with Gasteiger partial charge in [0, 0.05) is 0 Å². The molecule has 18 heavy (non-hydrogen) atoms. The van der Waals surface area contributed by atoms with E-state index in [1.165, 1.54) is 7.11 Å². The molecule has 0 aromatic rings. The molecule has 0 amide bonds. The van der Waals surface area contributed by atoms with Crippen LogP contribution in [0.25, 0.3) is 0 Å². The number of aliphatic hydroxyl groups excluding tert-OH is 5. The third kappa shape index (κ3) is 24.2. The zero-order valence-corrected chi connectivity index (χ0v) is 10.4. The molecule has 8 nitrogen and oxygen atoms in total. The molecule has 0 bridgehead atoms. The van der Waals surface area contributed by atoms with Crippen molar-refractivity contribution in [3.8, 4) is 0 Å². The van der Waals surface area contributed by atoms with Crippen molar-refractivity contribution in [3.63, 3.8) is 0 Å². The molecule has 0 aromatic heterocycles. The number of carbonyl (C=O) groups is 1. The van der Waals surface area contributed by atoms with E-state index in [0.717, 1.165) is 0 Å². The average molecular weight is 270 g/mol. The van der Waals surface area contributed by atoms with Gasteiger partial charge < -0.3 is 35.0 Å². The molecule has 0 heterocycles. The second kappa shape index (κ2) is 21.1. The van der Waals surface area contributed by atoms with Crippen LogP contribution in [0.15, 0.2) is 12.3 Å². The number of methoxy groups -OCH3 is 1. The van der Waals surface area contributed by atoms with Crippen molar-refractivity contribution in [2.24, 2.45) is 0 Å². The lowest BCUT2D eigenvalue weighted by Crippen LogP contribution is -2.11. The van der Waals surface area contributed by atoms with E-state index in [0.29, 0.717) is 0 Å². The zero-order valence-electron chi connectivity index (χ0n) is 10.4. The van der Waals surface area contributed by atoms with Crippen LogP contribution in [0, 0.1) is 0 Å². The molecule has 0 aromatic carbocycles. The number of aliphatic hydroxyl groups is 5. The summed E-state index contributed by atoms with van der Waals surface area (Å²) in [6.07, 6.45) is 0. The van der Waals surface area contributed by atoms with Crippen molar-refractivity contribution < 1.29 is 39.8 Å². The zero-order chi connectivity index (χ0) is 14.8. The predicted octanol–water partition coefficient (Wildman–Crippen LogP) is -2.38. The number of rotatable bonds is 6. The van der Waals surface area contributed by atoms with E-state index in [1.807, 2.05) is 0 Å². The average Bonchev–Trinajstić information content (AvgIpc) is 2.44. The Bertz CT molecular complexity index is 175. The second-order valence-electron chi connectivity index (χ2n) is 2.38. The van der Waals surface area contributed by atoms with E-state index >= 15 is 0 Å². The van der Waals surface area contributed by atoms with Gasteiger partial charge in [0.1, 0.15) is 6.61 Å². The minimum absolute atomic E-state index is 0.0266. The Morgan fingerprint density at radius 1 is 0.944 bits per heavy atom. The van der Waals surface area contributed by atoms with Gasteiger partial charge in [0.25, 0.3) is 0 Å². The molecule has 0 fully saturated rings. The molecule has 110 valence electrons. The van der Waals surface area contributed by atoms with Crippen molar-refractivity contribution in [2.45, 2.75) is 0 Å². The summed E-state index contributed by atoms with van der Waals surface area (Å²) >= 11 is 0. The molecular formula is C10H22O8. The molecule has 0 aliphatic heterocycles. The fourth-order valence-electron chi connectivity index (χ4n) is 0.302. The fraction of sp³-hybridized carbons (Fsp3) is 0.700. The first kappa shape index (κ1) is 22.0. The standard InChI is InChI=1S/C6H10O4.2C2H6O2/c1-5(9-2)6(8)10-4-3-7;2*3-1-2-4/h7H,1,3-4H2,2H3;2*3-4H,1-2H2. The van der Waals surface area contributed by atoms with Crippen LogP contribution in [0.4, 0.5) is 0 Å². The van der Waals surface area contributed by atoms with Crippen LogP contribution in [0.5, 0.6) is 0 Å². The van der Waals surface area contributed by atoms with E-state index in [1.54, 1.807) is 0 Å². The SMILES string of the molecule is C=C(OC)C(=O)OCCO.OCCO.OCCO. The molecule has 5 N–H and O–H groups in total. The maximum Gasteiger partial charge on any atom is 0.373 e. The largest absolute Gasteiger partial charge is 0.490 e. The van der Waals surface area contributed by atoms with E-state index < -0.39 is 5.97 Å². The van der Waals surface area contributed by atoms with Crippen LogP contribution in [0.3, 0.4) is 0 Å². The Morgan fingerprint density at radius 3 is 1.56 bits per heavy atom. The highest BCUT2D eigenvalue weighted by molar-refractivity contribution is 5.85. The topological polar surface area (TPSA) is 137 Å². The Morgan fingerprint density at radius 2 is 1.33 bits per heavy atom. The lowest BCUT2D eigenvalue weighted by Gasteiger charge is -2.02. The van der Waals surface area contributed by atoms with Gasteiger partial charge in [0.2, 0.25) is 0 Å². The van der Waals surface area contributed by atoms with E-state index in [4.69, 9.17) is 25.5 Å². The normalized spacial score (nSPS) is 8.11. The molecule has 0 unspecified atom stereocenters. The smallest absolute Gasteiger partial charge is 0.373 e. The van der Waals surface area contributed by atoms with Gasteiger partial charge in [-0.25, -0.2) is 4.79 Å². The Labute approximate surface area is 106 Å². The van der Waals surface area contributed by atoms with Gasteiger partial charge in [-0.2, -0.15) is 0 Å². The monoisotopic (exact) mass is 270 g/mol. The first-order valence-corrected chi connectivity index (χ1v) is 4.99. The molecule has 0 saturated carbocycles. The van der Waals surface area contributed by atoms with Gasteiger partial charge in [0.05, 0.1) is 40.1 Å². The molecule has 0 spiro atoms. The highest BCUT2D eigenvalue weighted by atomic mass is 16.6. The maximum atomic E-state index is 10.6. The van der Waals surface area contributed by atoms with Gasteiger partial charge >= 0.3 is 5.97 Å². The number of esters is 1. The maximum absolute atomic E-state index is 10.6. The number of hydrogen-bond donors (Lipinski definition) is 5. The molecule has 0 rings (SSSR count). The summed E-state index contributed by atoms with van der Waals surface area (Å²) in [5, 5.41) is 38.7. The van der Waals surface area contributed by atoms with Gasteiger partial charge in [-0.3, -0.25) is 0 Å². The third-order valence-electron chi connectivity index (χ3n) is 0.999. The number of carbonyl (C=O) groups excluding carboxylic acids is 1. The number of ether oxygens (including phenoxy) is 2. The van der Waals surface area contributed by atoms with Crippen LogP contribution in [0.2, 0.25) is 0 Å². The second-order valence-corrected chi connectivity index (χ2v) is 2.38. The molecule has 0 radical (unpaired) electrons. The third-order valence-corrected chi connectivity index (χ3v) is 0.999. The Kier molecular flexibility index (Phi) is 25.9. The quantitative estimate of drug-likeness (QED) is 0.205. The van der Waals surface area contributed by atoms with E-state index in [2.05, 4.69) is 16.1 Å². The van der Waals surface area contributed by atoms with Crippen molar-refractivity contribution in [3.05, 3.63) is 12.3 Å². The molecule has 0 saturated heterocycles. The molecule has 0 aliphatic rings. The Hall–Kier alpha value is -1.19. The minimum atomic E-state index is -0.642. The highest BCUT2D eigenvalue weighted by Crippen LogP contribution is 1.93. The lowest BCUT2D eigenvalue weighted by molar-refractivity contribution is -0.143. The summed E-state index contributed by atoms with van der Waals surface area (Å²) in [5.74, 6) is -0.704. The van der Waals surface area contributed by atoms with Crippen LogP contribution in [0.1, 0.15) is 0 Å². The lowest BCUT2D eigenvalue weighted by atomic mass is 10.6. The first-order valence-electron chi connectivity index (χ1n) is 4.99. The fourth-order valence-corrected chi connectivity index (χ4v) is 0.302. The predicted molar refractivity (Wildman–Crippen MR) is 62.5 cm³/mol. The number of hydrogen-bond acceptors (Lipinski definition) is 8. The van der Waals surface area contributed by atoms with Crippen molar-refractivity contribution in [1.82, 2.24) is 0 Å². The van der Waals surface area contributed by atoms with Crippen molar-refractivity contribution in [2.75, 3.05) is 46.8 Å². The summed E-state index contributed by atoms with van der Waals surface area (Å²) in [5.41, 5.74) is 0. The van der Waals surface area contributed by atoms with Crippen LogP contribution in [-0.2, 0) is 14.3 Å². The van der Waals surface area contributed by atoms with Crippen molar-refractivity contribution >= 4 is 5.97 Å². The molecular weight excluding hydrogens is 248 g/mol. The Balaban J connectivity index is -0.000000233. The summed E-state index contributed by atoms with van der Waals surface area (Å²) in [6.45, 7) is 2.53. The van der Waals surface area contributed by atoms with Crippen LogP contribution >= 0.6 is 0 Å². The summed E-state index contributed by atoms with van der Waals surface area (Å²) in [4.78, 5) is 10.6. The van der Waals surface area contributed by atoms with Crippen molar-refractivity contribution in [1.29, 1.82) is 0 Å².